The molecule has 2 heterocycles. The van der Waals surface area contributed by atoms with Gasteiger partial charge in [0.15, 0.2) is 5.11 Å². The first-order valence-corrected chi connectivity index (χ1v) is 12.0. The molecule has 1 aromatic heterocycles. The number of benzene rings is 2. The van der Waals surface area contributed by atoms with Crippen LogP contribution < -0.4 is 14.8 Å². The number of rotatable bonds is 6. The first-order chi connectivity index (χ1) is 16.6. The van der Waals surface area contributed by atoms with Crippen LogP contribution in [0.4, 0.5) is 0 Å². The molecule has 7 heteroatoms. The van der Waals surface area contributed by atoms with Crippen molar-refractivity contribution in [1.82, 2.24) is 15.2 Å². The Morgan fingerprint density at radius 2 is 1.94 bits per heavy atom. The Hall–Kier alpha value is -3.45. The molecule has 0 unspecified atom stereocenters. The zero-order chi connectivity index (χ0) is 23.5. The van der Waals surface area contributed by atoms with Gasteiger partial charge in [0, 0.05) is 23.2 Å². The van der Waals surface area contributed by atoms with Crippen LogP contribution in [0.3, 0.4) is 0 Å². The molecule has 174 valence electrons. The van der Waals surface area contributed by atoms with Crippen molar-refractivity contribution in [3.63, 3.8) is 0 Å². The molecule has 1 aliphatic carbocycles. The standard InChI is InChI=1S/C27H27N3O3S/c1-32-23-13-12-18(16-22-26(31)30(27(34)29-22)21-9-3-2-4-10-21)15-20(23)17-33-24-11-5-7-19-8-6-14-28-25(19)24/h5-8,11-16,21H,2-4,9-10,17H2,1H3,(H,29,34)/b22-16+. The number of pyridine rings is 1. The quantitative estimate of drug-likeness (QED) is 0.392. The van der Waals surface area contributed by atoms with E-state index in [4.69, 9.17) is 21.7 Å². The molecule has 0 atom stereocenters. The summed E-state index contributed by atoms with van der Waals surface area (Å²) in [5, 5.41) is 4.65. The van der Waals surface area contributed by atoms with Gasteiger partial charge in [-0.25, -0.2) is 0 Å². The van der Waals surface area contributed by atoms with Crippen molar-refractivity contribution in [2.24, 2.45) is 0 Å². The van der Waals surface area contributed by atoms with Crippen molar-refractivity contribution in [2.75, 3.05) is 7.11 Å². The molecule has 1 amide bonds. The van der Waals surface area contributed by atoms with Gasteiger partial charge in [-0.2, -0.15) is 0 Å². The molecular formula is C27H27N3O3S. The van der Waals surface area contributed by atoms with Crippen LogP contribution in [0.15, 0.2) is 60.4 Å². The molecule has 1 N–H and O–H groups in total. The van der Waals surface area contributed by atoms with Crippen LogP contribution in [-0.4, -0.2) is 34.1 Å². The largest absolute Gasteiger partial charge is 0.496 e. The molecule has 3 aromatic rings. The third-order valence-corrected chi connectivity index (χ3v) is 6.74. The van der Waals surface area contributed by atoms with E-state index in [1.54, 1.807) is 18.2 Å². The normalized spacial score (nSPS) is 17.9. The predicted molar refractivity (Wildman–Crippen MR) is 136 cm³/mol. The Morgan fingerprint density at radius 1 is 1.12 bits per heavy atom. The van der Waals surface area contributed by atoms with Gasteiger partial charge in [-0.05, 0) is 61.0 Å². The van der Waals surface area contributed by atoms with E-state index in [-0.39, 0.29) is 11.9 Å². The molecule has 2 fully saturated rings. The van der Waals surface area contributed by atoms with E-state index in [9.17, 15) is 4.79 Å². The Kier molecular flexibility index (Phi) is 6.45. The second kappa shape index (κ2) is 9.81. The monoisotopic (exact) mass is 473 g/mol. The number of fused-ring (bicyclic) bond motifs is 1. The van der Waals surface area contributed by atoms with E-state index in [0.29, 0.717) is 23.2 Å². The summed E-state index contributed by atoms with van der Waals surface area (Å²) in [5.74, 6) is 1.39. The van der Waals surface area contributed by atoms with Crippen LogP contribution in [0.2, 0.25) is 0 Å². The lowest BCUT2D eigenvalue weighted by Gasteiger charge is -2.29. The number of hydrogen-bond acceptors (Lipinski definition) is 5. The highest BCUT2D eigenvalue weighted by Gasteiger charge is 2.36. The highest BCUT2D eigenvalue weighted by Crippen LogP contribution is 2.29. The Balaban J connectivity index is 1.37. The number of hydrogen-bond donors (Lipinski definition) is 1. The van der Waals surface area contributed by atoms with E-state index in [1.807, 2.05) is 54.6 Å². The van der Waals surface area contributed by atoms with E-state index >= 15 is 0 Å². The maximum atomic E-state index is 13.1. The van der Waals surface area contributed by atoms with Gasteiger partial charge in [-0.1, -0.05) is 43.5 Å². The fraction of sp³-hybridized carbons (Fsp3) is 0.296. The Labute approximate surface area is 204 Å². The second-order valence-electron chi connectivity index (χ2n) is 8.65. The van der Waals surface area contributed by atoms with Gasteiger partial charge in [-0.15, -0.1) is 0 Å². The molecule has 1 saturated heterocycles. The van der Waals surface area contributed by atoms with Crippen molar-refractivity contribution >= 4 is 40.2 Å². The molecule has 0 spiro atoms. The van der Waals surface area contributed by atoms with Crippen LogP contribution in [0.5, 0.6) is 11.5 Å². The first-order valence-electron chi connectivity index (χ1n) is 11.6. The van der Waals surface area contributed by atoms with Gasteiger partial charge in [-0.3, -0.25) is 14.7 Å². The van der Waals surface area contributed by atoms with Crippen molar-refractivity contribution in [3.8, 4) is 11.5 Å². The SMILES string of the molecule is COc1ccc(/C=C2/NC(=S)N(C3CCCCC3)C2=O)cc1COc1cccc2cccnc12. The number of carbonyl (C=O) groups excluding carboxylic acids is 1. The first kappa shape index (κ1) is 22.3. The van der Waals surface area contributed by atoms with E-state index in [2.05, 4.69) is 10.3 Å². The zero-order valence-electron chi connectivity index (χ0n) is 19.1. The summed E-state index contributed by atoms with van der Waals surface area (Å²) in [6.07, 6.45) is 9.14. The molecule has 0 bridgehead atoms. The summed E-state index contributed by atoms with van der Waals surface area (Å²) in [6, 6.07) is 15.8. The average Bonchev–Trinajstić information content (AvgIpc) is 3.15. The van der Waals surface area contributed by atoms with Crippen LogP contribution in [-0.2, 0) is 11.4 Å². The number of methoxy groups -OCH3 is 1. The lowest BCUT2D eigenvalue weighted by atomic mass is 9.94. The van der Waals surface area contributed by atoms with Crippen molar-refractivity contribution < 1.29 is 14.3 Å². The van der Waals surface area contributed by atoms with Crippen LogP contribution in [0, 0.1) is 0 Å². The maximum Gasteiger partial charge on any atom is 0.276 e. The molecule has 1 saturated carbocycles. The number of thiocarbonyl (C=S) groups is 1. The fourth-order valence-corrected chi connectivity index (χ4v) is 5.08. The number of nitrogens with zero attached hydrogens (tertiary/aromatic N) is 2. The minimum atomic E-state index is -0.0488. The second-order valence-corrected chi connectivity index (χ2v) is 9.03. The minimum absolute atomic E-state index is 0.0488. The molecule has 34 heavy (non-hydrogen) atoms. The van der Waals surface area contributed by atoms with E-state index < -0.39 is 0 Å². The van der Waals surface area contributed by atoms with Gasteiger partial charge in [0.25, 0.3) is 5.91 Å². The number of ether oxygens (including phenoxy) is 2. The summed E-state index contributed by atoms with van der Waals surface area (Å²) >= 11 is 5.50. The highest BCUT2D eigenvalue weighted by molar-refractivity contribution is 7.80. The van der Waals surface area contributed by atoms with Gasteiger partial charge < -0.3 is 14.8 Å². The topological polar surface area (TPSA) is 63.7 Å². The lowest BCUT2D eigenvalue weighted by molar-refractivity contribution is -0.124. The van der Waals surface area contributed by atoms with Gasteiger partial charge in [0.2, 0.25) is 0 Å². The van der Waals surface area contributed by atoms with Gasteiger partial charge >= 0.3 is 0 Å². The van der Waals surface area contributed by atoms with Gasteiger partial charge in [0.1, 0.15) is 29.3 Å². The summed E-state index contributed by atoms with van der Waals surface area (Å²) in [4.78, 5) is 19.3. The summed E-state index contributed by atoms with van der Waals surface area (Å²) in [7, 11) is 1.64. The smallest absolute Gasteiger partial charge is 0.276 e. The molecule has 6 nitrogen and oxygen atoms in total. The number of carbonyl (C=O) groups is 1. The molecular weight excluding hydrogens is 446 g/mol. The third-order valence-electron chi connectivity index (χ3n) is 6.44. The summed E-state index contributed by atoms with van der Waals surface area (Å²) in [6.45, 7) is 0.309. The number of para-hydroxylation sites is 1. The molecule has 1 aliphatic heterocycles. The third kappa shape index (κ3) is 4.48. The van der Waals surface area contributed by atoms with Crippen molar-refractivity contribution in [2.45, 2.75) is 44.8 Å². The van der Waals surface area contributed by atoms with Crippen LogP contribution in [0.1, 0.15) is 43.2 Å². The minimum Gasteiger partial charge on any atom is -0.496 e. The van der Waals surface area contributed by atoms with Gasteiger partial charge in [0.05, 0.1) is 7.11 Å². The van der Waals surface area contributed by atoms with Crippen LogP contribution in [0.25, 0.3) is 17.0 Å². The lowest BCUT2D eigenvalue weighted by Crippen LogP contribution is -2.41. The highest BCUT2D eigenvalue weighted by atomic mass is 32.1. The predicted octanol–water partition coefficient (Wildman–Crippen LogP) is 5.21. The zero-order valence-corrected chi connectivity index (χ0v) is 19.9. The van der Waals surface area contributed by atoms with E-state index in [1.165, 1.54) is 6.42 Å². The van der Waals surface area contributed by atoms with Crippen LogP contribution >= 0.6 is 12.2 Å². The van der Waals surface area contributed by atoms with Crippen molar-refractivity contribution in [3.05, 3.63) is 71.6 Å². The molecule has 5 rings (SSSR count). The number of nitrogens with one attached hydrogen (secondary N) is 1. The number of aromatic nitrogens is 1. The molecule has 0 radical (unpaired) electrons. The Bertz CT molecular complexity index is 1260. The van der Waals surface area contributed by atoms with Crippen molar-refractivity contribution in [1.29, 1.82) is 0 Å². The maximum absolute atomic E-state index is 13.1. The Morgan fingerprint density at radius 3 is 2.76 bits per heavy atom. The fourth-order valence-electron chi connectivity index (χ4n) is 4.74. The van der Waals surface area contributed by atoms with E-state index in [0.717, 1.165) is 53.5 Å². The molecule has 2 aromatic carbocycles. The molecule has 2 aliphatic rings. The summed E-state index contributed by atoms with van der Waals surface area (Å²) in [5.41, 5.74) is 3.08. The number of amides is 1. The average molecular weight is 474 g/mol. The summed E-state index contributed by atoms with van der Waals surface area (Å²) < 4.78 is 11.7.